The molecule has 0 aliphatic carbocycles. The standard InChI is InChI=1S/C8H6F4N2O/c9-3-1-2-4(5(10)6(3)13)14-8(15)7(11)12/h1-2,7H,13H2,(H,14,15). The number of nitrogen functional groups attached to an aromatic ring is 1. The molecule has 3 N–H and O–H groups in total. The van der Waals surface area contributed by atoms with E-state index in [4.69, 9.17) is 5.73 Å². The minimum Gasteiger partial charge on any atom is -0.394 e. The van der Waals surface area contributed by atoms with E-state index in [0.29, 0.717) is 0 Å². The van der Waals surface area contributed by atoms with Gasteiger partial charge in [-0.2, -0.15) is 8.78 Å². The number of anilines is 2. The van der Waals surface area contributed by atoms with Gasteiger partial charge in [-0.15, -0.1) is 0 Å². The Balaban J connectivity index is 2.97. The fraction of sp³-hybridized carbons (Fsp3) is 0.125. The highest BCUT2D eigenvalue weighted by Crippen LogP contribution is 2.23. The Morgan fingerprint density at radius 2 is 1.93 bits per heavy atom. The third-order valence-electron chi connectivity index (χ3n) is 1.58. The maximum Gasteiger partial charge on any atom is 0.315 e. The van der Waals surface area contributed by atoms with E-state index in [1.54, 1.807) is 5.32 Å². The number of hydrogen-bond acceptors (Lipinski definition) is 2. The molecule has 82 valence electrons. The van der Waals surface area contributed by atoms with Crippen molar-refractivity contribution in [1.82, 2.24) is 0 Å². The highest BCUT2D eigenvalue weighted by Gasteiger charge is 2.18. The van der Waals surface area contributed by atoms with Gasteiger partial charge in [-0.3, -0.25) is 4.79 Å². The van der Waals surface area contributed by atoms with Crippen LogP contribution in [0.4, 0.5) is 28.9 Å². The second kappa shape index (κ2) is 4.16. The van der Waals surface area contributed by atoms with Crippen LogP contribution in [0.1, 0.15) is 0 Å². The fourth-order valence-electron chi connectivity index (χ4n) is 0.853. The van der Waals surface area contributed by atoms with Gasteiger partial charge in [0.25, 0.3) is 5.91 Å². The Labute approximate surface area is 81.9 Å². The van der Waals surface area contributed by atoms with Crippen molar-refractivity contribution in [3.8, 4) is 0 Å². The summed E-state index contributed by atoms with van der Waals surface area (Å²) in [7, 11) is 0. The molecule has 0 atom stereocenters. The normalized spacial score (nSPS) is 10.5. The molecule has 0 heterocycles. The summed E-state index contributed by atoms with van der Waals surface area (Å²) in [6.45, 7) is 0. The summed E-state index contributed by atoms with van der Waals surface area (Å²) < 4.78 is 49.3. The summed E-state index contributed by atoms with van der Waals surface area (Å²) in [5.74, 6) is -3.98. The predicted molar refractivity (Wildman–Crippen MR) is 45.4 cm³/mol. The Morgan fingerprint density at radius 1 is 1.33 bits per heavy atom. The number of halogens is 4. The summed E-state index contributed by atoms with van der Waals surface area (Å²) in [5, 5.41) is 1.57. The van der Waals surface area contributed by atoms with Crippen LogP contribution in [-0.4, -0.2) is 12.3 Å². The number of nitrogens with two attached hydrogens (primary N) is 1. The fourth-order valence-corrected chi connectivity index (χ4v) is 0.853. The second-order valence-corrected chi connectivity index (χ2v) is 2.61. The Hall–Kier alpha value is -1.79. The molecule has 0 fully saturated rings. The highest BCUT2D eigenvalue weighted by atomic mass is 19.3. The molecule has 1 rings (SSSR count). The third kappa shape index (κ3) is 2.36. The molecule has 0 bridgehead atoms. The van der Waals surface area contributed by atoms with Crippen LogP contribution in [0.5, 0.6) is 0 Å². The first-order valence-electron chi connectivity index (χ1n) is 3.76. The lowest BCUT2D eigenvalue weighted by Crippen LogP contribution is -2.21. The monoisotopic (exact) mass is 222 g/mol. The molecule has 0 aliphatic rings. The zero-order valence-electron chi connectivity index (χ0n) is 7.23. The molecule has 0 spiro atoms. The summed E-state index contributed by atoms with van der Waals surface area (Å²) in [6.07, 6.45) is -3.28. The van der Waals surface area contributed by atoms with Gasteiger partial charge in [0.05, 0.1) is 5.69 Å². The van der Waals surface area contributed by atoms with Crippen LogP contribution in [0.2, 0.25) is 0 Å². The van der Waals surface area contributed by atoms with Gasteiger partial charge in [-0.25, -0.2) is 8.78 Å². The number of carbonyl (C=O) groups excluding carboxylic acids is 1. The van der Waals surface area contributed by atoms with Gasteiger partial charge in [0.2, 0.25) is 0 Å². The first kappa shape index (κ1) is 11.3. The van der Waals surface area contributed by atoms with E-state index in [9.17, 15) is 22.4 Å². The molecule has 0 radical (unpaired) electrons. The molecular weight excluding hydrogens is 216 g/mol. The smallest absolute Gasteiger partial charge is 0.315 e. The number of rotatable bonds is 2. The largest absolute Gasteiger partial charge is 0.394 e. The average Bonchev–Trinajstić information content (AvgIpc) is 2.18. The lowest BCUT2D eigenvalue weighted by Gasteiger charge is -2.07. The van der Waals surface area contributed by atoms with Crippen molar-refractivity contribution in [1.29, 1.82) is 0 Å². The number of benzene rings is 1. The topological polar surface area (TPSA) is 55.1 Å². The molecule has 1 aromatic rings. The molecule has 1 aromatic carbocycles. The lowest BCUT2D eigenvalue weighted by molar-refractivity contribution is -0.126. The van der Waals surface area contributed by atoms with Crippen LogP contribution in [0.3, 0.4) is 0 Å². The number of hydrogen-bond donors (Lipinski definition) is 2. The number of alkyl halides is 2. The Kier molecular flexibility index (Phi) is 3.13. The quantitative estimate of drug-likeness (QED) is 0.591. The van der Waals surface area contributed by atoms with Crippen LogP contribution >= 0.6 is 0 Å². The van der Waals surface area contributed by atoms with Gasteiger partial charge in [0.15, 0.2) is 5.82 Å². The molecule has 3 nitrogen and oxygen atoms in total. The predicted octanol–water partition coefficient (Wildman–Crippen LogP) is 1.75. The van der Waals surface area contributed by atoms with E-state index in [0.717, 1.165) is 12.1 Å². The van der Waals surface area contributed by atoms with Gasteiger partial charge < -0.3 is 11.1 Å². The van der Waals surface area contributed by atoms with E-state index in [1.165, 1.54) is 0 Å². The Bertz CT molecular complexity index is 394. The molecule has 1 amide bonds. The molecule has 0 aliphatic heterocycles. The van der Waals surface area contributed by atoms with Crippen molar-refractivity contribution in [2.24, 2.45) is 0 Å². The van der Waals surface area contributed by atoms with Crippen LogP contribution in [-0.2, 0) is 4.79 Å². The van der Waals surface area contributed by atoms with Gasteiger partial charge >= 0.3 is 6.43 Å². The summed E-state index contributed by atoms with van der Waals surface area (Å²) in [4.78, 5) is 10.5. The van der Waals surface area contributed by atoms with Crippen molar-refractivity contribution in [2.75, 3.05) is 11.1 Å². The van der Waals surface area contributed by atoms with Gasteiger partial charge in [0, 0.05) is 0 Å². The zero-order valence-corrected chi connectivity index (χ0v) is 7.23. The Morgan fingerprint density at radius 3 is 2.47 bits per heavy atom. The van der Waals surface area contributed by atoms with E-state index in [1.807, 2.05) is 0 Å². The van der Waals surface area contributed by atoms with Crippen LogP contribution in [0.15, 0.2) is 12.1 Å². The van der Waals surface area contributed by atoms with E-state index in [-0.39, 0.29) is 0 Å². The van der Waals surface area contributed by atoms with Crippen LogP contribution < -0.4 is 11.1 Å². The van der Waals surface area contributed by atoms with Crippen LogP contribution in [0, 0.1) is 11.6 Å². The molecule has 0 saturated carbocycles. The van der Waals surface area contributed by atoms with Crippen molar-refractivity contribution in [2.45, 2.75) is 6.43 Å². The maximum atomic E-state index is 13.1. The molecule has 0 unspecified atom stereocenters. The maximum absolute atomic E-state index is 13.1. The van der Waals surface area contributed by atoms with Gasteiger partial charge in [-0.1, -0.05) is 0 Å². The molecule has 0 saturated heterocycles. The minimum absolute atomic E-state index is 0.584. The third-order valence-corrected chi connectivity index (χ3v) is 1.58. The van der Waals surface area contributed by atoms with Crippen molar-refractivity contribution in [3.05, 3.63) is 23.8 Å². The second-order valence-electron chi connectivity index (χ2n) is 2.61. The number of amides is 1. The first-order chi connectivity index (χ1) is 6.93. The van der Waals surface area contributed by atoms with Gasteiger partial charge in [0.1, 0.15) is 11.5 Å². The summed E-state index contributed by atoms with van der Waals surface area (Å²) in [6, 6.07) is 1.57. The molecular formula is C8H6F4N2O. The lowest BCUT2D eigenvalue weighted by atomic mass is 10.2. The van der Waals surface area contributed by atoms with Crippen molar-refractivity contribution >= 4 is 17.3 Å². The molecule has 15 heavy (non-hydrogen) atoms. The molecule has 0 aromatic heterocycles. The van der Waals surface area contributed by atoms with E-state index < -0.39 is 35.3 Å². The SMILES string of the molecule is Nc1c(F)ccc(NC(=O)C(F)F)c1F. The van der Waals surface area contributed by atoms with Crippen molar-refractivity contribution < 1.29 is 22.4 Å². The highest BCUT2D eigenvalue weighted by molar-refractivity contribution is 5.93. The van der Waals surface area contributed by atoms with Gasteiger partial charge in [-0.05, 0) is 12.1 Å². The first-order valence-corrected chi connectivity index (χ1v) is 3.76. The summed E-state index contributed by atoms with van der Waals surface area (Å²) in [5.41, 5.74) is 3.53. The zero-order chi connectivity index (χ0) is 11.6. The summed E-state index contributed by atoms with van der Waals surface area (Å²) >= 11 is 0. The van der Waals surface area contributed by atoms with E-state index in [2.05, 4.69) is 0 Å². The van der Waals surface area contributed by atoms with Crippen LogP contribution in [0.25, 0.3) is 0 Å². The minimum atomic E-state index is -3.28. The number of nitrogens with one attached hydrogen (secondary N) is 1. The molecule has 7 heteroatoms. The number of carbonyl (C=O) groups is 1. The average molecular weight is 222 g/mol. The van der Waals surface area contributed by atoms with Crippen molar-refractivity contribution in [3.63, 3.8) is 0 Å². The van der Waals surface area contributed by atoms with E-state index >= 15 is 0 Å².